The van der Waals surface area contributed by atoms with Crippen LogP contribution in [0.2, 0.25) is 0 Å². The van der Waals surface area contributed by atoms with E-state index >= 15 is 0 Å². The van der Waals surface area contributed by atoms with E-state index in [1.165, 1.54) is 11.8 Å². The Morgan fingerprint density at radius 3 is 2.52 bits per heavy atom. The summed E-state index contributed by atoms with van der Waals surface area (Å²) in [5.41, 5.74) is -0.421. The number of carbonyl (C=O) groups is 1. The zero-order valence-electron chi connectivity index (χ0n) is 18.2. The molecule has 1 saturated carbocycles. The van der Waals surface area contributed by atoms with E-state index in [0.29, 0.717) is 12.1 Å². The number of aromatic nitrogens is 2. The van der Waals surface area contributed by atoms with Gasteiger partial charge in [0.25, 0.3) is 0 Å². The van der Waals surface area contributed by atoms with Gasteiger partial charge in [-0.3, -0.25) is 4.68 Å². The number of aliphatic carboxylic acids is 1. The summed E-state index contributed by atoms with van der Waals surface area (Å²) < 4.78 is 53.1. The first-order valence-electron chi connectivity index (χ1n) is 10.7. The van der Waals surface area contributed by atoms with Crippen molar-refractivity contribution in [1.82, 2.24) is 9.78 Å². The zero-order valence-corrected chi connectivity index (χ0v) is 19.8. The number of hydrogen-bond acceptors (Lipinski definition) is 4. The van der Waals surface area contributed by atoms with Crippen molar-refractivity contribution in [3.63, 3.8) is 0 Å². The van der Waals surface area contributed by atoms with Crippen molar-refractivity contribution in [3.05, 3.63) is 51.8 Å². The zero-order chi connectivity index (χ0) is 24.0. The Morgan fingerprint density at radius 2 is 1.91 bits per heavy atom. The van der Waals surface area contributed by atoms with Crippen molar-refractivity contribution in [2.75, 3.05) is 7.11 Å². The van der Waals surface area contributed by atoms with Gasteiger partial charge in [0.05, 0.1) is 13.4 Å². The second kappa shape index (κ2) is 11.1. The molecule has 0 atom stereocenters. The van der Waals surface area contributed by atoms with Gasteiger partial charge in [-0.2, -0.15) is 13.2 Å². The van der Waals surface area contributed by atoms with Crippen molar-refractivity contribution >= 4 is 27.5 Å². The lowest BCUT2D eigenvalue weighted by Crippen LogP contribution is -2.12. The van der Waals surface area contributed by atoms with Crippen LogP contribution in [-0.2, 0) is 28.9 Å². The Morgan fingerprint density at radius 1 is 1.24 bits per heavy atom. The molecule has 1 aliphatic rings. The first kappa shape index (κ1) is 25.1. The molecule has 1 N–H and O–H groups in total. The summed E-state index contributed by atoms with van der Waals surface area (Å²) in [6.45, 7) is 0.0871. The Labute approximate surface area is 198 Å². The van der Waals surface area contributed by atoms with Crippen molar-refractivity contribution in [2.45, 2.75) is 57.9 Å². The molecule has 33 heavy (non-hydrogen) atoms. The minimum atomic E-state index is -4.67. The third-order valence-corrected chi connectivity index (χ3v) is 6.49. The highest BCUT2D eigenvalue weighted by molar-refractivity contribution is 9.10. The number of methoxy groups -OCH3 is 1. The van der Waals surface area contributed by atoms with E-state index in [4.69, 9.17) is 9.47 Å². The van der Waals surface area contributed by atoms with Crippen LogP contribution >= 0.6 is 15.9 Å². The molecule has 3 rings (SSSR count). The molecule has 1 fully saturated rings. The molecule has 1 aliphatic carbocycles. The average molecular weight is 531 g/mol. The molecular weight excluding hydrogens is 505 g/mol. The van der Waals surface area contributed by atoms with Crippen LogP contribution in [0.1, 0.15) is 55.2 Å². The monoisotopic (exact) mass is 530 g/mol. The van der Waals surface area contributed by atoms with E-state index in [9.17, 15) is 23.1 Å². The first-order valence-corrected chi connectivity index (χ1v) is 11.5. The maximum absolute atomic E-state index is 13.8. The van der Waals surface area contributed by atoms with Gasteiger partial charge in [0.1, 0.15) is 16.8 Å². The smallest absolute Gasteiger partial charge is 0.424 e. The quantitative estimate of drug-likeness (QED) is 0.247. The van der Waals surface area contributed by atoms with Gasteiger partial charge in [0.15, 0.2) is 5.56 Å². The second-order valence-electron chi connectivity index (χ2n) is 8.03. The predicted molar refractivity (Wildman–Crippen MR) is 120 cm³/mol. The lowest BCUT2D eigenvalue weighted by atomic mass is 10.0. The summed E-state index contributed by atoms with van der Waals surface area (Å²) in [4.78, 5) is 11.6. The van der Waals surface area contributed by atoms with Crippen LogP contribution in [0.4, 0.5) is 13.2 Å². The summed E-state index contributed by atoms with van der Waals surface area (Å²) in [6, 6.07) is 6.42. The molecule has 0 bridgehead atoms. The van der Waals surface area contributed by atoms with Gasteiger partial charge >= 0.3 is 12.1 Å². The van der Waals surface area contributed by atoms with Crippen molar-refractivity contribution in [3.8, 4) is 5.88 Å². The Kier molecular flexibility index (Phi) is 8.45. The molecule has 1 heterocycles. The van der Waals surface area contributed by atoms with Crippen LogP contribution in [-0.4, -0.2) is 28.0 Å². The average Bonchev–Trinajstić information content (AvgIpc) is 2.91. The molecular formula is C23H26BrF3N2O4. The summed E-state index contributed by atoms with van der Waals surface area (Å²) >= 11 is 3.08. The molecule has 0 spiro atoms. The number of carboxylic acid groups (broad SMARTS) is 1. The molecule has 0 unspecified atom stereocenters. The maximum Gasteiger partial charge on any atom is 0.424 e. The largest absolute Gasteiger partial charge is 0.503 e. The van der Waals surface area contributed by atoms with Crippen LogP contribution in [0.3, 0.4) is 0 Å². The van der Waals surface area contributed by atoms with E-state index in [2.05, 4.69) is 21.0 Å². The fourth-order valence-corrected chi connectivity index (χ4v) is 4.69. The van der Waals surface area contributed by atoms with Crippen LogP contribution in [0, 0.1) is 5.92 Å². The fraction of sp³-hybridized carbons (Fsp3) is 0.478. The SMILES string of the molecule is CO/C=C(/C(=O)O)c1ccccc1COc1nn(CC2CCCCCC2)c(Br)c1C(F)(F)F. The van der Waals surface area contributed by atoms with E-state index in [0.717, 1.165) is 44.8 Å². The predicted octanol–water partition coefficient (Wildman–Crippen LogP) is 6.29. The molecule has 0 amide bonds. The lowest BCUT2D eigenvalue weighted by Gasteiger charge is -2.14. The Balaban J connectivity index is 1.88. The molecule has 1 aromatic heterocycles. The van der Waals surface area contributed by atoms with Crippen LogP contribution in [0.5, 0.6) is 5.88 Å². The fourth-order valence-electron chi connectivity index (χ4n) is 4.07. The van der Waals surface area contributed by atoms with Gasteiger partial charge in [-0.05, 0) is 45.8 Å². The van der Waals surface area contributed by atoms with Crippen molar-refractivity contribution in [2.24, 2.45) is 5.92 Å². The van der Waals surface area contributed by atoms with Gasteiger partial charge in [-0.15, -0.1) is 5.10 Å². The molecule has 0 aliphatic heterocycles. The maximum atomic E-state index is 13.8. The number of carboxylic acids is 1. The second-order valence-corrected chi connectivity index (χ2v) is 8.78. The van der Waals surface area contributed by atoms with Crippen LogP contribution < -0.4 is 4.74 Å². The van der Waals surface area contributed by atoms with Crippen LogP contribution in [0.15, 0.2) is 35.1 Å². The summed E-state index contributed by atoms with van der Waals surface area (Å²) in [7, 11) is 1.32. The molecule has 0 radical (unpaired) electrons. The number of rotatable bonds is 8. The highest BCUT2D eigenvalue weighted by Gasteiger charge is 2.41. The molecule has 10 heteroatoms. The number of hydrogen-bond donors (Lipinski definition) is 1. The summed E-state index contributed by atoms with van der Waals surface area (Å²) in [5, 5.41) is 13.6. The molecule has 180 valence electrons. The van der Waals surface area contributed by atoms with Gasteiger partial charge < -0.3 is 14.6 Å². The van der Waals surface area contributed by atoms with Gasteiger partial charge in [0, 0.05) is 6.54 Å². The molecule has 0 saturated heterocycles. The van der Waals surface area contributed by atoms with Crippen molar-refractivity contribution in [1.29, 1.82) is 0 Å². The van der Waals surface area contributed by atoms with E-state index in [1.807, 2.05) is 0 Å². The van der Waals surface area contributed by atoms with E-state index < -0.39 is 23.6 Å². The molecule has 6 nitrogen and oxygen atoms in total. The van der Waals surface area contributed by atoms with Gasteiger partial charge in [-0.25, -0.2) is 4.79 Å². The Bertz CT molecular complexity index is 996. The van der Waals surface area contributed by atoms with Gasteiger partial charge in [0.2, 0.25) is 5.88 Å². The highest BCUT2D eigenvalue weighted by atomic mass is 79.9. The van der Waals surface area contributed by atoms with Crippen LogP contribution in [0.25, 0.3) is 5.57 Å². The van der Waals surface area contributed by atoms with Gasteiger partial charge in [-0.1, -0.05) is 49.9 Å². The third kappa shape index (κ3) is 6.31. The number of nitrogens with zero attached hydrogens (tertiary/aromatic N) is 2. The normalized spacial score (nSPS) is 15.8. The van der Waals surface area contributed by atoms with Crippen molar-refractivity contribution < 1.29 is 32.5 Å². The summed E-state index contributed by atoms with van der Waals surface area (Å²) in [6.07, 6.45) is 2.75. The third-order valence-electron chi connectivity index (χ3n) is 5.69. The van der Waals surface area contributed by atoms with E-state index in [-0.39, 0.29) is 28.3 Å². The minimum absolute atomic E-state index is 0.132. The lowest BCUT2D eigenvalue weighted by molar-refractivity contribution is -0.139. The molecule has 2 aromatic rings. The number of benzene rings is 1. The Hall–Kier alpha value is -2.49. The molecule has 1 aromatic carbocycles. The minimum Gasteiger partial charge on any atom is -0.503 e. The number of halogens is 4. The number of alkyl halides is 3. The number of ether oxygens (including phenoxy) is 2. The first-order chi connectivity index (χ1) is 15.7. The highest BCUT2D eigenvalue weighted by Crippen LogP contribution is 2.42. The standard InChI is InChI=1S/C23H26BrF3N2O4/c1-32-14-18(22(30)31)17-11-7-6-10-16(17)13-33-21-19(23(25,26)27)20(24)29(28-21)12-15-8-4-2-3-5-9-15/h6-7,10-11,14-15H,2-5,8-9,12-13H2,1H3,(H,30,31)/b18-14+. The summed E-state index contributed by atoms with van der Waals surface area (Å²) in [5.74, 6) is -1.50. The van der Waals surface area contributed by atoms with E-state index in [1.54, 1.807) is 24.3 Å². The topological polar surface area (TPSA) is 73.6 Å².